The number of hydrogen-bond donors (Lipinski definition) is 1. The monoisotopic (exact) mass is 385 g/mol. The molecule has 10 heteroatoms. The molecular weight excluding hydrogens is 370 g/mol. The van der Waals surface area contributed by atoms with Crippen molar-refractivity contribution in [3.8, 4) is 11.6 Å². The van der Waals surface area contributed by atoms with Gasteiger partial charge >= 0.3 is 5.76 Å². The number of nitrogens with zero attached hydrogens (tertiary/aromatic N) is 4. The van der Waals surface area contributed by atoms with E-state index in [1.54, 1.807) is 24.3 Å². The van der Waals surface area contributed by atoms with E-state index in [0.29, 0.717) is 11.3 Å². The first kappa shape index (κ1) is 18.5. The normalized spacial score (nSPS) is 10.6. The van der Waals surface area contributed by atoms with Crippen molar-refractivity contribution in [1.82, 2.24) is 19.7 Å². The van der Waals surface area contributed by atoms with Gasteiger partial charge in [-0.3, -0.25) is 14.1 Å². The number of anilines is 1. The minimum atomic E-state index is -0.772. The second-order valence-electron chi connectivity index (χ2n) is 5.45. The van der Waals surface area contributed by atoms with Crippen LogP contribution in [0.2, 0.25) is 0 Å². The standard InChI is InChI=1S/C17H15N5O4S/c1-10(23)20-12-5-4-11(8-14(12)27-2)13(24)9-22-16(21-26-17(22)25)15-18-6-3-7-19-15/h3-8H,9H2,1-2H3,(H,20,23). The summed E-state index contributed by atoms with van der Waals surface area (Å²) in [5.74, 6) is -1.03. The summed E-state index contributed by atoms with van der Waals surface area (Å²) in [5.41, 5.74) is 1.01. The second-order valence-corrected chi connectivity index (χ2v) is 6.30. The first-order valence-electron chi connectivity index (χ1n) is 7.82. The molecule has 27 heavy (non-hydrogen) atoms. The summed E-state index contributed by atoms with van der Waals surface area (Å²) in [4.78, 5) is 44.7. The zero-order chi connectivity index (χ0) is 19.4. The average Bonchev–Trinajstić information content (AvgIpc) is 3.02. The number of thioether (sulfide) groups is 1. The lowest BCUT2D eigenvalue weighted by Gasteiger charge is -2.10. The molecule has 1 N–H and O–H groups in total. The maximum absolute atomic E-state index is 12.7. The van der Waals surface area contributed by atoms with Gasteiger partial charge in [-0.25, -0.2) is 19.3 Å². The van der Waals surface area contributed by atoms with Gasteiger partial charge in [-0.15, -0.1) is 11.8 Å². The van der Waals surface area contributed by atoms with E-state index in [2.05, 4.69) is 25.0 Å². The van der Waals surface area contributed by atoms with Gasteiger partial charge in [0.1, 0.15) is 0 Å². The maximum Gasteiger partial charge on any atom is 0.442 e. The fourth-order valence-corrected chi connectivity index (χ4v) is 2.96. The summed E-state index contributed by atoms with van der Waals surface area (Å²) in [6.45, 7) is 1.14. The van der Waals surface area contributed by atoms with Gasteiger partial charge in [0.05, 0.1) is 12.2 Å². The highest BCUT2D eigenvalue weighted by Crippen LogP contribution is 2.27. The molecule has 0 fully saturated rings. The number of amides is 1. The number of ketones is 1. The molecule has 1 amide bonds. The van der Waals surface area contributed by atoms with Gasteiger partial charge in [0, 0.05) is 29.8 Å². The van der Waals surface area contributed by atoms with E-state index < -0.39 is 5.76 Å². The van der Waals surface area contributed by atoms with Crippen LogP contribution < -0.4 is 11.1 Å². The van der Waals surface area contributed by atoms with E-state index in [-0.39, 0.29) is 29.9 Å². The maximum atomic E-state index is 12.7. The molecule has 1 aromatic carbocycles. The lowest BCUT2D eigenvalue weighted by molar-refractivity contribution is -0.114. The van der Waals surface area contributed by atoms with Crippen LogP contribution in [0.15, 0.2) is 50.9 Å². The van der Waals surface area contributed by atoms with Crippen molar-refractivity contribution in [3.63, 3.8) is 0 Å². The molecule has 0 spiro atoms. The minimum Gasteiger partial charge on any atom is -0.325 e. The topological polar surface area (TPSA) is 120 Å². The number of hydrogen-bond acceptors (Lipinski definition) is 8. The van der Waals surface area contributed by atoms with E-state index >= 15 is 0 Å². The van der Waals surface area contributed by atoms with Crippen LogP contribution in [-0.4, -0.2) is 37.6 Å². The van der Waals surface area contributed by atoms with Crippen LogP contribution in [0.3, 0.4) is 0 Å². The molecule has 0 atom stereocenters. The largest absolute Gasteiger partial charge is 0.442 e. The van der Waals surface area contributed by atoms with E-state index in [9.17, 15) is 14.4 Å². The van der Waals surface area contributed by atoms with E-state index in [4.69, 9.17) is 0 Å². The van der Waals surface area contributed by atoms with Crippen LogP contribution in [0.1, 0.15) is 17.3 Å². The molecule has 3 aromatic rings. The van der Waals surface area contributed by atoms with Crippen LogP contribution in [-0.2, 0) is 11.3 Å². The summed E-state index contributed by atoms with van der Waals surface area (Å²) in [5, 5.41) is 6.37. The van der Waals surface area contributed by atoms with Gasteiger partial charge in [-0.2, -0.15) is 0 Å². The van der Waals surface area contributed by atoms with E-state index in [1.807, 2.05) is 6.26 Å². The summed E-state index contributed by atoms with van der Waals surface area (Å²) < 4.78 is 5.75. The van der Waals surface area contributed by atoms with Crippen molar-refractivity contribution in [3.05, 3.63) is 52.8 Å². The van der Waals surface area contributed by atoms with Gasteiger partial charge < -0.3 is 5.32 Å². The smallest absolute Gasteiger partial charge is 0.325 e. The Morgan fingerprint density at radius 3 is 2.67 bits per heavy atom. The van der Waals surface area contributed by atoms with E-state index in [0.717, 1.165) is 9.46 Å². The van der Waals surface area contributed by atoms with Gasteiger partial charge in [0.15, 0.2) is 11.6 Å². The quantitative estimate of drug-likeness (QED) is 0.504. The van der Waals surface area contributed by atoms with Crippen LogP contribution in [0, 0.1) is 0 Å². The molecule has 3 rings (SSSR count). The SMILES string of the molecule is CSc1cc(C(=O)Cn2c(-c3ncccn3)noc2=O)ccc1NC(C)=O. The molecule has 0 aliphatic carbocycles. The van der Waals surface area contributed by atoms with Crippen molar-refractivity contribution >= 4 is 29.1 Å². The van der Waals surface area contributed by atoms with Crippen molar-refractivity contribution in [2.24, 2.45) is 0 Å². The zero-order valence-corrected chi connectivity index (χ0v) is 15.3. The lowest BCUT2D eigenvalue weighted by Crippen LogP contribution is -2.21. The van der Waals surface area contributed by atoms with Crippen molar-refractivity contribution in [2.45, 2.75) is 18.4 Å². The number of rotatable bonds is 6. The molecular formula is C17H15N5O4S. The Kier molecular flexibility index (Phi) is 5.46. The number of Topliss-reactive ketones (excluding diaryl/α,β-unsaturated/α-hetero) is 1. The number of benzene rings is 1. The van der Waals surface area contributed by atoms with Crippen LogP contribution in [0.5, 0.6) is 0 Å². The third-order valence-corrected chi connectivity index (χ3v) is 4.37. The molecule has 0 aliphatic rings. The first-order chi connectivity index (χ1) is 13.0. The molecule has 0 saturated carbocycles. The Bertz CT molecular complexity index is 1040. The molecule has 0 unspecified atom stereocenters. The molecule has 0 saturated heterocycles. The second kappa shape index (κ2) is 7.96. The Labute approximate surface area is 157 Å². The first-order valence-corrected chi connectivity index (χ1v) is 9.05. The summed E-state index contributed by atoms with van der Waals surface area (Å²) in [7, 11) is 0. The fraction of sp³-hybridized carbons (Fsp3) is 0.176. The third kappa shape index (κ3) is 4.11. The fourth-order valence-electron chi connectivity index (χ4n) is 2.38. The van der Waals surface area contributed by atoms with Crippen LogP contribution in [0.25, 0.3) is 11.6 Å². The highest BCUT2D eigenvalue weighted by atomic mass is 32.2. The molecule has 9 nitrogen and oxygen atoms in total. The summed E-state index contributed by atoms with van der Waals surface area (Å²) in [6, 6.07) is 6.52. The Morgan fingerprint density at radius 1 is 1.26 bits per heavy atom. The van der Waals surface area contributed by atoms with Crippen LogP contribution >= 0.6 is 11.8 Å². The zero-order valence-electron chi connectivity index (χ0n) is 14.5. The predicted octanol–water partition coefficient (Wildman–Crippen LogP) is 1.86. The predicted molar refractivity (Wildman–Crippen MR) is 98.6 cm³/mol. The summed E-state index contributed by atoms with van der Waals surface area (Å²) >= 11 is 1.39. The number of aromatic nitrogens is 4. The number of carbonyl (C=O) groups excluding carboxylic acids is 2. The third-order valence-electron chi connectivity index (χ3n) is 3.59. The molecule has 2 heterocycles. The molecule has 0 bridgehead atoms. The van der Waals surface area contributed by atoms with Crippen molar-refractivity contribution in [2.75, 3.05) is 11.6 Å². The highest BCUT2D eigenvalue weighted by molar-refractivity contribution is 7.98. The van der Waals surface area contributed by atoms with Gasteiger partial charge in [0.25, 0.3) is 0 Å². The molecule has 0 radical (unpaired) electrons. The van der Waals surface area contributed by atoms with Crippen molar-refractivity contribution < 1.29 is 14.1 Å². The Morgan fingerprint density at radius 2 is 2.00 bits per heavy atom. The Balaban J connectivity index is 1.90. The van der Waals surface area contributed by atoms with Crippen molar-refractivity contribution in [1.29, 1.82) is 0 Å². The van der Waals surface area contributed by atoms with E-state index in [1.165, 1.54) is 31.1 Å². The van der Waals surface area contributed by atoms with Gasteiger partial charge in [0.2, 0.25) is 11.7 Å². The van der Waals surface area contributed by atoms with Crippen LogP contribution in [0.4, 0.5) is 5.69 Å². The molecule has 138 valence electrons. The minimum absolute atomic E-state index is 0.0777. The number of carbonyl (C=O) groups is 2. The molecule has 0 aliphatic heterocycles. The van der Waals surface area contributed by atoms with Gasteiger partial charge in [-0.05, 0) is 30.5 Å². The molecule has 2 aromatic heterocycles. The number of nitrogens with one attached hydrogen (secondary N) is 1. The average molecular weight is 385 g/mol. The summed E-state index contributed by atoms with van der Waals surface area (Å²) in [6.07, 6.45) is 4.84. The highest BCUT2D eigenvalue weighted by Gasteiger charge is 2.19. The van der Waals surface area contributed by atoms with Gasteiger partial charge in [-0.1, -0.05) is 5.16 Å². The Hall–Kier alpha value is -3.27. The lowest BCUT2D eigenvalue weighted by atomic mass is 10.1.